The van der Waals surface area contributed by atoms with E-state index in [0.29, 0.717) is 12.0 Å². The van der Waals surface area contributed by atoms with E-state index in [0.717, 1.165) is 5.56 Å². The molecule has 0 spiro atoms. The molecule has 2 heteroatoms. The maximum Gasteiger partial charge on any atom is 0.251 e. The molecular weight excluding hydrogens is 210 g/mol. The first-order valence-corrected chi connectivity index (χ1v) is 6.63. The van der Waals surface area contributed by atoms with Crippen molar-refractivity contribution in [2.24, 2.45) is 5.92 Å². The number of hydrogen-bond donors (Lipinski definition) is 1. The summed E-state index contributed by atoms with van der Waals surface area (Å²) in [6.07, 6.45) is 6.51. The topological polar surface area (TPSA) is 29.1 Å². The van der Waals surface area contributed by atoms with Crippen LogP contribution in [0, 0.1) is 5.92 Å². The lowest BCUT2D eigenvalue weighted by Crippen LogP contribution is -2.38. The van der Waals surface area contributed by atoms with Gasteiger partial charge < -0.3 is 5.32 Å². The molecule has 0 aliphatic heterocycles. The molecule has 2 rings (SSSR count). The number of nitrogens with one attached hydrogen (secondary N) is 1. The minimum atomic E-state index is 0.0590. The summed E-state index contributed by atoms with van der Waals surface area (Å²) in [5.41, 5.74) is 0.759. The number of carbonyl (C=O) groups excluding carboxylic acids is 1. The van der Waals surface area contributed by atoms with Crippen LogP contribution in [0.1, 0.15) is 49.4 Å². The Kier molecular flexibility index (Phi) is 4.18. The zero-order valence-corrected chi connectivity index (χ0v) is 10.5. The summed E-state index contributed by atoms with van der Waals surface area (Å²) in [6, 6.07) is 9.76. The van der Waals surface area contributed by atoms with Crippen molar-refractivity contribution in [3.8, 4) is 0 Å². The molecule has 0 radical (unpaired) electrons. The summed E-state index contributed by atoms with van der Waals surface area (Å²) in [7, 11) is 0. The lowest BCUT2D eigenvalue weighted by Gasteiger charge is -2.28. The van der Waals surface area contributed by atoms with E-state index in [1.165, 1.54) is 32.1 Å². The molecule has 1 aromatic rings. The minimum Gasteiger partial charge on any atom is -0.349 e. The van der Waals surface area contributed by atoms with E-state index in [9.17, 15) is 4.79 Å². The molecule has 0 bridgehead atoms. The Labute approximate surface area is 103 Å². The number of benzene rings is 1. The second-order valence-corrected chi connectivity index (χ2v) is 5.03. The average molecular weight is 231 g/mol. The molecule has 0 heterocycles. The molecule has 1 fully saturated rings. The predicted octanol–water partition coefficient (Wildman–Crippen LogP) is 3.39. The van der Waals surface area contributed by atoms with Crippen molar-refractivity contribution < 1.29 is 4.79 Å². The minimum absolute atomic E-state index is 0.0590. The van der Waals surface area contributed by atoms with Crippen LogP contribution in [0.4, 0.5) is 0 Å². The zero-order valence-electron chi connectivity index (χ0n) is 10.5. The molecule has 0 aromatic heterocycles. The summed E-state index contributed by atoms with van der Waals surface area (Å²) in [5.74, 6) is 0.722. The van der Waals surface area contributed by atoms with Crippen LogP contribution in [0.5, 0.6) is 0 Å². The summed E-state index contributed by atoms with van der Waals surface area (Å²) in [5, 5.41) is 3.13. The van der Waals surface area contributed by atoms with Crippen molar-refractivity contribution in [3.05, 3.63) is 35.9 Å². The van der Waals surface area contributed by atoms with E-state index in [2.05, 4.69) is 12.2 Å². The Morgan fingerprint density at radius 2 is 1.82 bits per heavy atom. The van der Waals surface area contributed by atoms with E-state index in [1.54, 1.807) is 0 Å². The van der Waals surface area contributed by atoms with Crippen LogP contribution in [-0.2, 0) is 0 Å². The first kappa shape index (κ1) is 12.2. The highest BCUT2D eigenvalue weighted by molar-refractivity contribution is 5.94. The highest BCUT2D eigenvalue weighted by atomic mass is 16.1. The number of rotatable bonds is 3. The third-order valence-electron chi connectivity index (χ3n) is 3.75. The summed E-state index contributed by atoms with van der Waals surface area (Å²) in [4.78, 5) is 12.0. The van der Waals surface area contributed by atoms with Gasteiger partial charge in [0.25, 0.3) is 5.91 Å². The smallest absolute Gasteiger partial charge is 0.251 e. The molecule has 1 saturated carbocycles. The first-order valence-electron chi connectivity index (χ1n) is 6.63. The molecule has 1 aromatic carbocycles. The van der Waals surface area contributed by atoms with Gasteiger partial charge in [0.2, 0.25) is 0 Å². The van der Waals surface area contributed by atoms with Gasteiger partial charge in [0.05, 0.1) is 0 Å². The SMILES string of the molecule is C[C@@H](NC(=O)c1ccccc1)C1CCCCC1. The van der Waals surface area contributed by atoms with Crippen LogP contribution in [0.25, 0.3) is 0 Å². The molecule has 1 aliphatic rings. The summed E-state index contributed by atoms with van der Waals surface area (Å²) >= 11 is 0. The molecule has 1 aliphatic carbocycles. The van der Waals surface area contributed by atoms with Gasteiger partial charge in [0.1, 0.15) is 0 Å². The van der Waals surface area contributed by atoms with Gasteiger partial charge in [-0.15, -0.1) is 0 Å². The second kappa shape index (κ2) is 5.85. The van der Waals surface area contributed by atoms with Crippen LogP contribution in [0.3, 0.4) is 0 Å². The van der Waals surface area contributed by atoms with Crippen LogP contribution >= 0.6 is 0 Å². The van der Waals surface area contributed by atoms with E-state index in [-0.39, 0.29) is 5.91 Å². The fraction of sp³-hybridized carbons (Fsp3) is 0.533. The molecule has 92 valence electrons. The Morgan fingerprint density at radius 3 is 2.47 bits per heavy atom. The van der Waals surface area contributed by atoms with E-state index < -0.39 is 0 Å². The Hall–Kier alpha value is -1.31. The highest BCUT2D eigenvalue weighted by Gasteiger charge is 2.21. The summed E-state index contributed by atoms with van der Waals surface area (Å²) in [6.45, 7) is 2.14. The van der Waals surface area contributed by atoms with Gasteiger partial charge in [-0.05, 0) is 37.8 Å². The van der Waals surface area contributed by atoms with Crippen molar-refractivity contribution in [1.29, 1.82) is 0 Å². The van der Waals surface area contributed by atoms with Crippen molar-refractivity contribution >= 4 is 5.91 Å². The number of amides is 1. The van der Waals surface area contributed by atoms with Gasteiger partial charge in [-0.3, -0.25) is 4.79 Å². The summed E-state index contributed by atoms with van der Waals surface area (Å²) < 4.78 is 0. The maximum atomic E-state index is 12.0. The quantitative estimate of drug-likeness (QED) is 0.849. The molecule has 2 nitrogen and oxygen atoms in total. The van der Waals surface area contributed by atoms with Gasteiger partial charge in [-0.2, -0.15) is 0 Å². The molecule has 1 atom stereocenters. The predicted molar refractivity (Wildman–Crippen MR) is 69.9 cm³/mol. The number of carbonyl (C=O) groups is 1. The maximum absolute atomic E-state index is 12.0. The third-order valence-corrected chi connectivity index (χ3v) is 3.75. The van der Waals surface area contributed by atoms with Crippen molar-refractivity contribution in [2.45, 2.75) is 45.1 Å². The lowest BCUT2D eigenvalue weighted by atomic mass is 9.84. The molecular formula is C15H21NO. The van der Waals surface area contributed by atoms with Crippen LogP contribution in [0.2, 0.25) is 0 Å². The van der Waals surface area contributed by atoms with Gasteiger partial charge >= 0.3 is 0 Å². The number of hydrogen-bond acceptors (Lipinski definition) is 1. The van der Waals surface area contributed by atoms with Crippen LogP contribution in [-0.4, -0.2) is 11.9 Å². The molecule has 1 N–H and O–H groups in total. The van der Waals surface area contributed by atoms with Gasteiger partial charge in [-0.25, -0.2) is 0 Å². The van der Waals surface area contributed by atoms with Crippen molar-refractivity contribution in [3.63, 3.8) is 0 Å². The van der Waals surface area contributed by atoms with E-state index in [4.69, 9.17) is 0 Å². The highest BCUT2D eigenvalue weighted by Crippen LogP contribution is 2.26. The molecule has 0 saturated heterocycles. The van der Waals surface area contributed by atoms with Crippen LogP contribution in [0.15, 0.2) is 30.3 Å². The fourth-order valence-corrected chi connectivity index (χ4v) is 2.63. The normalized spacial score (nSPS) is 18.6. The third kappa shape index (κ3) is 3.32. The van der Waals surface area contributed by atoms with Crippen LogP contribution < -0.4 is 5.32 Å². The van der Waals surface area contributed by atoms with Crippen molar-refractivity contribution in [1.82, 2.24) is 5.32 Å². The Balaban J connectivity index is 1.89. The van der Waals surface area contributed by atoms with Crippen molar-refractivity contribution in [2.75, 3.05) is 0 Å². The lowest BCUT2D eigenvalue weighted by molar-refractivity contribution is 0.0919. The first-order chi connectivity index (χ1) is 8.27. The van der Waals surface area contributed by atoms with Gasteiger partial charge in [0.15, 0.2) is 0 Å². The monoisotopic (exact) mass is 231 g/mol. The second-order valence-electron chi connectivity index (χ2n) is 5.03. The Morgan fingerprint density at radius 1 is 1.18 bits per heavy atom. The van der Waals surface area contributed by atoms with Gasteiger partial charge in [0, 0.05) is 11.6 Å². The zero-order chi connectivity index (χ0) is 12.1. The Bertz CT molecular complexity index is 354. The molecule has 1 amide bonds. The van der Waals surface area contributed by atoms with E-state index in [1.807, 2.05) is 30.3 Å². The largest absolute Gasteiger partial charge is 0.349 e. The molecule has 17 heavy (non-hydrogen) atoms. The fourth-order valence-electron chi connectivity index (χ4n) is 2.63. The average Bonchev–Trinajstić information content (AvgIpc) is 2.40. The standard InChI is InChI=1S/C15H21NO/c1-12(13-8-4-2-5-9-13)16-15(17)14-10-6-3-7-11-14/h3,6-7,10-13H,2,4-5,8-9H2,1H3,(H,16,17)/t12-/m1/s1. The molecule has 0 unspecified atom stereocenters. The van der Waals surface area contributed by atoms with E-state index >= 15 is 0 Å². The van der Waals surface area contributed by atoms with Gasteiger partial charge in [-0.1, -0.05) is 37.5 Å².